The van der Waals surface area contributed by atoms with Crippen LogP contribution in [0.15, 0.2) is 73.2 Å². The van der Waals surface area contributed by atoms with Crippen molar-refractivity contribution in [2.45, 2.75) is 40.3 Å². The third-order valence-corrected chi connectivity index (χ3v) is 5.57. The summed E-state index contributed by atoms with van der Waals surface area (Å²) in [7, 11) is 0. The number of benzene rings is 1. The Morgan fingerprint density at radius 1 is 1.03 bits per heavy atom. The molecule has 3 rings (SSSR count). The summed E-state index contributed by atoms with van der Waals surface area (Å²) in [5.74, 6) is 1.65. The van der Waals surface area contributed by atoms with Crippen LogP contribution in [0.25, 0.3) is 0 Å². The smallest absolute Gasteiger partial charge is 0.219 e. The molecule has 0 aliphatic rings. The van der Waals surface area contributed by atoms with Crippen LogP contribution in [0.5, 0.6) is 11.5 Å². The van der Waals surface area contributed by atoms with Crippen molar-refractivity contribution in [2.24, 2.45) is 0 Å². The number of amides is 1. The fraction of sp³-hybridized carbons (Fsp3) is 0.286. The first kappa shape index (κ1) is 27.7. The van der Waals surface area contributed by atoms with Gasteiger partial charge in [0.15, 0.2) is 0 Å². The van der Waals surface area contributed by atoms with Crippen molar-refractivity contribution in [1.29, 1.82) is 0 Å². The molecule has 3 aromatic rings. The molecule has 1 amide bonds. The number of anilines is 2. The summed E-state index contributed by atoms with van der Waals surface area (Å²) in [5.41, 5.74) is 2.32. The lowest BCUT2D eigenvalue weighted by molar-refractivity contribution is -0.130. The van der Waals surface area contributed by atoms with Crippen LogP contribution in [0, 0.1) is 6.92 Å². The summed E-state index contributed by atoms with van der Waals surface area (Å²) in [6, 6.07) is 18.5. The van der Waals surface area contributed by atoms with Gasteiger partial charge in [-0.25, -0.2) is 9.97 Å². The SMILES string of the molecule is CC(=O)N(CCOc1cccc(C)ncnc(Nc2ccc(OCc3ccccn3)c(Cl)c2)c1)C(C)C. The predicted octanol–water partition coefficient (Wildman–Crippen LogP) is 5.92. The maximum atomic E-state index is 11.9. The molecule has 2 heterocycles. The number of aromatic nitrogens is 3. The van der Waals surface area contributed by atoms with E-state index in [9.17, 15) is 4.79 Å². The molecule has 0 radical (unpaired) electrons. The van der Waals surface area contributed by atoms with E-state index in [4.69, 9.17) is 21.1 Å². The van der Waals surface area contributed by atoms with E-state index in [1.54, 1.807) is 36.2 Å². The van der Waals surface area contributed by atoms with Crippen molar-refractivity contribution in [3.63, 3.8) is 0 Å². The summed E-state index contributed by atoms with van der Waals surface area (Å²) < 4.78 is 11.8. The molecule has 0 unspecified atom stereocenters. The number of rotatable bonds is 10. The third kappa shape index (κ3) is 9.24. The van der Waals surface area contributed by atoms with Crippen molar-refractivity contribution in [1.82, 2.24) is 19.9 Å². The van der Waals surface area contributed by atoms with Crippen LogP contribution in [0.2, 0.25) is 5.02 Å². The van der Waals surface area contributed by atoms with Crippen LogP contribution < -0.4 is 14.8 Å². The zero-order valence-electron chi connectivity index (χ0n) is 21.5. The molecule has 0 spiro atoms. The molecule has 0 saturated heterocycles. The topological polar surface area (TPSA) is 89.5 Å². The zero-order chi connectivity index (χ0) is 26.6. The minimum atomic E-state index is 0.0112. The Balaban J connectivity index is 1.77. The first-order valence-electron chi connectivity index (χ1n) is 12.0. The standard InChI is InChI=1S/C28H32ClN5O3/c1-20(2)34(22(4)35)14-15-36-25-10-7-8-21(3)31-19-32-28(17-25)33-23-11-12-27(26(29)16-23)37-18-24-9-5-6-13-30-24/h5-13,16-17,19-20H,14-15,18H2,1-4H3,(H,31,32,33). The largest absolute Gasteiger partial charge is 0.492 e. The lowest BCUT2D eigenvalue weighted by atomic mass is 10.3. The van der Waals surface area contributed by atoms with E-state index in [2.05, 4.69) is 20.3 Å². The van der Waals surface area contributed by atoms with Crippen LogP contribution in [0.3, 0.4) is 0 Å². The van der Waals surface area contributed by atoms with E-state index in [0.717, 1.165) is 11.4 Å². The number of pyridine rings is 1. The molecule has 1 aromatic carbocycles. The third-order valence-electron chi connectivity index (χ3n) is 5.27. The molecule has 2 aromatic heterocycles. The highest BCUT2D eigenvalue weighted by atomic mass is 35.5. The van der Waals surface area contributed by atoms with Crippen molar-refractivity contribution >= 4 is 29.0 Å². The van der Waals surface area contributed by atoms with E-state index in [0.29, 0.717) is 47.8 Å². The summed E-state index contributed by atoms with van der Waals surface area (Å²) in [6.45, 7) is 8.53. The zero-order valence-corrected chi connectivity index (χ0v) is 22.3. The highest BCUT2D eigenvalue weighted by Gasteiger charge is 2.12. The number of hydrogen-bond donors (Lipinski definition) is 1. The molecular weight excluding hydrogens is 490 g/mol. The number of carbonyl (C=O) groups excluding carboxylic acids is 1. The average molecular weight is 522 g/mol. The van der Waals surface area contributed by atoms with Gasteiger partial charge >= 0.3 is 0 Å². The van der Waals surface area contributed by atoms with E-state index in [-0.39, 0.29) is 11.9 Å². The predicted molar refractivity (Wildman–Crippen MR) is 146 cm³/mol. The number of nitrogens with zero attached hydrogens (tertiary/aromatic N) is 4. The molecule has 9 heteroatoms. The molecule has 0 aliphatic heterocycles. The maximum absolute atomic E-state index is 11.9. The van der Waals surface area contributed by atoms with Crippen molar-refractivity contribution in [3.05, 3.63) is 89.6 Å². The number of ether oxygens (including phenoxy) is 2. The minimum Gasteiger partial charge on any atom is -0.492 e. The Morgan fingerprint density at radius 2 is 1.86 bits per heavy atom. The fourth-order valence-electron chi connectivity index (χ4n) is 3.41. The van der Waals surface area contributed by atoms with Crippen LogP contribution in [0.4, 0.5) is 11.5 Å². The molecule has 194 valence electrons. The van der Waals surface area contributed by atoms with Gasteiger partial charge in [-0.3, -0.25) is 9.78 Å². The highest BCUT2D eigenvalue weighted by Crippen LogP contribution is 2.29. The maximum Gasteiger partial charge on any atom is 0.219 e. The molecular formula is C28H32ClN5O3. The van der Waals surface area contributed by atoms with Gasteiger partial charge in [0, 0.05) is 36.6 Å². The number of nitrogens with one attached hydrogen (secondary N) is 1. The van der Waals surface area contributed by atoms with Gasteiger partial charge in [-0.15, -0.1) is 0 Å². The Morgan fingerprint density at radius 3 is 2.57 bits per heavy atom. The van der Waals surface area contributed by atoms with Crippen LogP contribution in [-0.2, 0) is 11.4 Å². The van der Waals surface area contributed by atoms with Crippen LogP contribution in [-0.4, -0.2) is 45.0 Å². The van der Waals surface area contributed by atoms with Gasteiger partial charge in [-0.2, -0.15) is 0 Å². The van der Waals surface area contributed by atoms with Crippen molar-refractivity contribution < 1.29 is 14.3 Å². The average Bonchev–Trinajstić information content (AvgIpc) is 2.86. The summed E-state index contributed by atoms with van der Waals surface area (Å²) in [6.07, 6.45) is 3.20. The molecule has 1 N–H and O–H groups in total. The van der Waals surface area contributed by atoms with Gasteiger partial charge in [0.2, 0.25) is 5.91 Å². The highest BCUT2D eigenvalue weighted by molar-refractivity contribution is 6.32. The van der Waals surface area contributed by atoms with E-state index in [1.807, 2.05) is 63.2 Å². The molecule has 0 bridgehead atoms. The lowest BCUT2D eigenvalue weighted by Gasteiger charge is -2.25. The molecule has 0 aliphatic carbocycles. The molecule has 0 fully saturated rings. The second kappa shape index (κ2) is 14.0. The van der Waals surface area contributed by atoms with Gasteiger partial charge in [-0.1, -0.05) is 23.7 Å². The first-order valence-corrected chi connectivity index (χ1v) is 12.4. The minimum absolute atomic E-state index is 0.0112. The normalized spacial score (nSPS) is 10.4. The van der Waals surface area contributed by atoms with E-state index >= 15 is 0 Å². The summed E-state index contributed by atoms with van der Waals surface area (Å²) in [4.78, 5) is 26.6. The quantitative estimate of drug-likeness (QED) is 0.354. The second-order valence-corrected chi connectivity index (χ2v) is 8.91. The first-order chi connectivity index (χ1) is 17.8. The molecule has 37 heavy (non-hydrogen) atoms. The van der Waals surface area contributed by atoms with Gasteiger partial charge in [-0.05, 0) is 63.2 Å². The monoisotopic (exact) mass is 521 g/mol. The summed E-state index contributed by atoms with van der Waals surface area (Å²) >= 11 is 6.47. The molecule has 8 nitrogen and oxygen atoms in total. The van der Waals surface area contributed by atoms with E-state index in [1.165, 1.54) is 6.33 Å². The Bertz CT molecular complexity index is 1240. The Hall–Kier alpha value is -3.91. The Labute approximate surface area is 223 Å². The van der Waals surface area contributed by atoms with Crippen LogP contribution in [0.1, 0.15) is 32.2 Å². The number of hydrogen-bond acceptors (Lipinski definition) is 7. The van der Waals surface area contributed by atoms with Gasteiger partial charge in [0.05, 0.1) is 17.3 Å². The second-order valence-electron chi connectivity index (χ2n) is 8.51. The lowest BCUT2D eigenvalue weighted by Crippen LogP contribution is -2.38. The fourth-order valence-corrected chi connectivity index (χ4v) is 3.64. The van der Waals surface area contributed by atoms with Gasteiger partial charge in [0.25, 0.3) is 0 Å². The summed E-state index contributed by atoms with van der Waals surface area (Å²) in [5, 5.41) is 3.70. The van der Waals surface area contributed by atoms with Crippen molar-refractivity contribution in [3.8, 4) is 11.5 Å². The van der Waals surface area contributed by atoms with Gasteiger partial charge < -0.3 is 19.7 Å². The van der Waals surface area contributed by atoms with Crippen molar-refractivity contribution in [2.75, 3.05) is 18.5 Å². The number of halogens is 1. The Kier molecular flexibility index (Phi) is 10.5. The van der Waals surface area contributed by atoms with E-state index < -0.39 is 0 Å². The number of carbonyl (C=O) groups is 1. The molecule has 0 saturated carbocycles. The molecule has 0 atom stereocenters. The van der Waals surface area contributed by atoms with Crippen LogP contribution >= 0.6 is 11.6 Å². The van der Waals surface area contributed by atoms with Gasteiger partial charge in [0.1, 0.15) is 36.9 Å². The number of aryl methyl sites for hydroxylation is 1.